The van der Waals surface area contributed by atoms with Crippen molar-refractivity contribution in [1.29, 1.82) is 0 Å². The van der Waals surface area contributed by atoms with Gasteiger partial charge in [-0.3, -0.25) is 4.79 Å². The summed E-state index contributed by atoms with van der Waals surface area (Å²) in [6.07, 6.45) is 5.56. The maximum Gasteiger partial charge on any atom is 0.198 e. The third kappa shape index (κ3) is 2.10. The molecule has 1 unspecified atom stereocenters. The Morgan fingerprint density at radius 1 is 1.69 bits per heavy atom. The molecule has 2 aliphatic rings. The Morgan fingerprint density at radius 3 is 3.00 bits per heavy atom. The lowest BCUT2D eigenvalue weighted by Crippen LogP contribution is -2.26. The number of hydrogen-bond donors (Lipinski definition) is 1. The summed E-state index contributed by atoms with van der Waals surface area (Å²) < 4.78 is 5.17. The third-order valence-electron chi connectivity index (χ3n) is 2.63. The Labute approximate surface area is 77.9 Å². The van der Waals surface area contributed by atoms with E-state index in [2.05, 4.69) is 0 Å². The maximum absolute atomic E-state index is 11.5. The third-order valence-corrected chi connectivity index (χ3v) is 2.63. The zero-order valence-electron chi connectivity index (χ0n) is 7.66. The summed E-state index contributed by atoms with van der Waals surface area (Å²) in [6.45, 7) is 0.653. The van der Waals surface area contributed by atoms with Crippen LogP contribution in [0.4, 0.5) is 0 Å². The molecule has 1 atom stereocenters. The van der Waals surface area contributed by atoms with Crippen LogP contribution in [0.2, 0.25) is 0 Å². The topological polar surface area (TPSA) is 52.3 Å². The van der Waals surface area contributed by atoms with Gasteiger partial charge in [-0.25, -0.2) is 0 Å². The van der Waals surface area contributed by atoms with Crippen LogP contribution < -0.4 is 5.73 Å². The maximum atomic E-state index is 11.5. The van der Waals surface area contributed by atoms with E-state index in [4.69, 9.17) is 10.5 Å². The molecule has 0 aromatic rings. The number of carbonyl (C=O) groups excluding carboxylic acids is 1. The second-order valence-corrected chi connectivity index (χ2v) is 3.83. The molecule has 1 saturated carbocycles. The van der Waals surface area contributed by atoms with Gasteiger partial charge in [0.25, 0.3) is 0 Å². The molecule has 0 radical (unpaired) electrons. The smallest absolute Gasteiger partial charge is 0.198 e. The zero-order chi connectivity index (χ0) is 9.26. The number of ketones is 1. The minimum atomic E-state index is 0.0533. The van der Waals surface area contributed by atoms with Gasteiger partial charge in [0.05, 0.1) is 6.61 Å². The van der Waals surface area contributed by atoms with Crippen molar-refractivity contribution in [2.24, 2.45) is 11.7 Å². The van der Waals surface area contributed by atoms with E-state index in [1.807, 2.05) is 6.08 Å². The fourth-order valence-corrected chi connectivity index (χ4v) is 1.62. The van der Waals surface area contributed by atoms with Gasteiger partial charge < -0.3 is 10.5 Å². The van der Waals surface area contributed by atoms with Crippen LogP contribution >= 0.6 is 0 Å². The lowest BCUT2D eigenvalue weighted by atomic mass is 10.1. The van der Waals surface area contributed by atoms with Crippen molar-refractivity contribution in [3.63, 3.8) is 0 Å². The summed E-state index contributed by atoms with van der Waals surface area (Å²) in [4.78, 5) is 11.5. The number of allylic oxidation sites excluding steroid dienone is 1. The minimum Gasteiger partial charge on any atom is -0.490 e. The van der Waals surface area contributed by atoms with Crippen molar-refractivity contribution in [3.8, 4) is 0 Å². The zero-order valence-corrected chi connectivity index (χ0v) is 7.66. The first-order chi connectivity index (χ1) is 6.27. The van der Waals surface area contributed by atoms with Crippen LogP contribution in [0.5, 0.6) is 0 Å². The van der Waals surface area contributed by atoms with Crippen molar-refractivity contribution < 1.29 is 9.53 Å². The Kier molecular flexibility index (Phi) is 2.36. The normalized spacial score (nSPS) is 23.6. The van der Waals surface area contributed by atoms with E-state index in [1.54, 1.807) is 0 Å². The molecule has 0 bridgehead atoms. The van der Waals surface area contributed by atoms with Crippen LogP contribution in [0.25, 0.3) is 0 Å². The van der Waals surface area contributed by atoms with E-state index in [1.165, 1.54) is 12.8 Å². The quantitative estimate of drug-likeness (QED) is 0.703. The van der Waals surface area contributed by atoms with Crippen LogP contribution in [0, 0.1) is 5.92 Å². The molecule has 13 heavy (non-hydrogen) atoms. The monoisotopic (exact) mass is 181 g/mol. The SMILES string of the molecule is NC(CC(=O)C1=CCCO1)C1CC1. The number of hydrogen-bond acceptors (Lipinski definition) is 3. The molecule has 2 rings (SSSR count). The number of carbonyl (C=O) groups is 1. The molecular weight excluding hydrogens is 166 g/mol. The average Bonchev–Trinajstić information content (AvgIpc) is 2.81. The number of nitrogens with two attached hydrogens (primary N) is 1. The Morgan fingerprint density at radius 2 is 2.46 bits per heavy atom. The number of ether oxygens (including phenoxy) is 1. The first-order valence-electron chi connectivity index (χ1n) is 4.89. The molecule has 3 heteroatoms. The minimum absolute atomic E-state index is 0.0533. The Bertz CT molecular complexity index is 243. The highest BCUT2D eigenvalue weighted by Gasteiger charge is 2.31. The average molecular weight is 181 g/mol. The summed E-state index contributed by atoms with van der Waals surface area (Å²) in [5, 5.41) is 0. The van der Waals surface area contributed by atoms with E-state index in [0.717, 1.165) is 6.42 Å². The van der Waals surface area contributed by atoms with Crippen LogP contribution in [-0.2, 0) is 9.53 Å². The summed E-state index contributed by atoms with van der Waals surface area (Å²) in [5.41, 5.74) is 5.84. The van der Waals surface area contributed by atoms with Gasteiger partial charge >= 0.3 is 0 Å². The van der Waals surface area contributed by atoms with Gasteiger partial charge in [-0.15, -0.1) is 0 Å². The van der Waals surface area contributed by atoms with Crippen LogP contribution in [0.3, 0.4) is 0 Å². The van der Waals surface area contributed by atoms with Crippen molar-refractivity contribution >= 4 is 5.78 Å². The largest absolute Gasteiger partial charge is 0.490 e. The van der Waals surface area contributed by atoms with Crippen molar-refractivity contribution in [1.82, 2.24) is 0 Å². The molecule has 0 saturated heterocycles. The molecule has 2 N–H and O–H groups in total. The van der Waals surface area contributed by atoms with Gasteiger partial charge in [-0.2, -0.15) is 0 Å². The van der Waals surface area contributed by atoms with E-state index >= 15 is 0 Å². The first kappa shape index (κ1) is 8.75. The predicted octanol–water partition coefficient (Wildman–Crippen LogP) is 0.987. The van der Waals surface area contributed by atoms with Gasteiger partial charge in [0.2, 0.25) is 0 Å². The van der Waals surface area contributed by atoms with Crippen molar-refractivity contribution in [3.05, 3.63) is 11.8 Å². The van der Waals surface area contributed by atoms with Gasteiger partial charge in [0.1, 0.15) is 0 Å². The van der Waals surface area contributed by atoms with E-state index in [9.17, 15) is 4.79 Å². The van der Waals surface area contributed by atoms with E-state index in [-0.39, 0.29) is 11.8 Å². The summed E-state index contributed by atoms with van der Waals surface area (Å²) in [5.74, 6) is 1.21. The summed E-state index contributed by atoms with van der Waals surface area (Å²) in [7, 11) is 0. The van der Waals surface area contributed by atoms with Gasteiger partial charge in [0, 0.05) is 18.9 Å². The molecular formula is C10H15NO2. The highest BCUT2D eigenvalue weighted by Crippen LogP contribution is 2.33. The molecule has 1 fully saturated rings. The first-order valence-corrected chi connectivity index (χ1v) is 4.89. The van der Waals surface area contributed by atoms with Crippen molar-refractivity contribution in [2.75, 3.05) is 6.61 Å². The van der Waals surface area contributed by atoms with Crippen LogP contribution in [-0.4, -0.2) is 18.4 Å². The van der Waals surface area contributed by atoms with Crippen molar-refractivity contribution in [2.45, 2.75) is 31.7 Å². The summed E-state index contributed by atoms with van der Waals surface area (Å²) >= 11 is 0. The van der Waals surface area contributed by atoms with Gasteiger partial charge in [0.15, 0.2) is 11.5 Å². The van der Waals surface area contributed by atoms with E-state index in [0.29, 0.717) is 24.7 Å². The number of Topliss-reactive ketones (excluding diaryl/α,β-unsaturated/α-hetero) is 1. The fraction of sp³-hybridized carbons (Fsp3) is 0.700. The van der Waals surface area contributed by atoms with Crippen LogP contribution in [0.1, 0.15) is 25.7 Å². The predicted molar refractivity (Wildman–Crippen MR) is 49.0 cm³/mol. The second kappa shape index (κ2) is 3.50. The molecule has 1 aliphatic heterocycles. The van der Waals surface area contributed by atoms with Crippen LogP contribution in [0.15, 0.2) is 11.8 Å². The highest BCUT2D eigenvalue weighted by atomic mass is 16.5. The molecule has 0 amide bonds. The molecule has 0 aromatic heterocycles. The fourth-order valence-electron chi connectivity index (χ4n) is 1.62. The molecule has 1 aliphatic carbocycles. The summed E-state index contributed by atoms with van der Waals surface area (Å²) in [6, 6.07) is 0.0533. The molecule has 0 spiro atoms. The van der Waals surface area contributed by atoms with Gasteiger partial charge in [-0.05, 0) is 24.8 Å². The Hall–Kier alpha value is -0.830. The highest BCUT2D eigenvalue weighted by molar-refractivity contribution is 5.94. The van der Waals surface area contributed by atoms with Gasteiger partial charge in [-0.1, -0.05) is 0 Å². The molecule has 1 heterocycles. The lowest BCUT2D eigenvalue weighted by Gasteiger charge is -2.09. The number of rotatable bonds is 4. The molecule has 0 aromatic carbocycles. The molecule has 3 nitrogen and oxygen atoms in total. The standard InChI is InChI=1S/C10H15NO2/c11-8(7-3-4-7)6-9(12)10-2-1-5-13-10/h2,7-8H,1,3-6,11H2. The Balaban J connectivity index is 1.82. The second-order valence-electron chi connectivity index (χ2n) is 3.83. The van der Waals surface area contributed by atoms with E-state index < -0.39 is 0 Å². The lowest BCUT2D eigenvalue weighted by molar-refractivity contribution is -0.118. The molecule has 72 valence electrons.